The Labute approximate surface area is 182 Å². The Morgan fingerprint density at radius 1 is 1.00 bits per heavy atom. The molecule has 0 fully saturated rings. The number of sulfonamides is 1. The van der Waals surface area contributed by atoms with Crippen molar-refractivity contribution in [1.82, 2.24) is 9.62 Å². The molecule has 1 aliphatic rings. The number of ether oxygens (including phenoxy) is 1. The fraction of sp³-hybridized carbons (Fsp3) is 0.208. The van der Waals surface area contributed by atoms with Gasteiger partial charge in [-0.2, -0.15) is 4.31 Å². The van der Waals surface area contributed by atoms with Crippen molar-refractivity contribution in [3.8, 4) is 5.75 Å². The number of hydrogen-bond donors (Lipinski definition) is 1. The van der Waals surface area contributed by atoms with Crippen LogP contribution in [-0.4, -0.2) is 32.3 Å². The Morgan fingerprint density at radius 3 is 2.48 bits per heavy atom. The van der Waals surface area contributed by atoms with E-state index < -0.39 is 10.0 Å². The number of amides is 1. The molecular formula is C24H24N2O4S. The van der Waals surface area contributed by atoms with E-state index >= 15 is 0 Å². The second-order valence-electron chi connectivity index (χ2n) is 7.42. The van der Waals surface area contributed by atoms with Gasteiger partial charge in [0.2, 0.25) is 10.0 Å². The zero-order chi connectivity index (χ0) is 21.8. The first-order chi connectivity index (χ1) is 15.0. The maximum atomic E-state index is 13.1. The van der Waals surface area contributed by atoms with Gasteiger partial charge < -0.3 is 10.1 Å². The van der Waals surface area contributed by atoms with Crippen LogP contribution in [0.1, 0.15) is 27.0 Å². The standard InChI is InChI=1S/C24H24N2O4S/c1-30-22-8-4-5-18(15-22)16-25-24(27)20-9-11-23(12-10-20)31(28,29)26-14-13-19-6-2-3-7-21(19)17-26/h2-12,15H,13-14,16-17H2,1H3,(H,25,27). The predicted octanol–water partition coefficient (Wildman–Crippen LogP) is 3.37. The molecule has 1 heterocycles. The number of nitrogens with one attached hydrogen (secondary N) is 1. The molecule has 0 saturated heterocycles. The molecule has 0 radical (unpaired) electrons. The summed E-state index contributed by atoms with van der Waals surface area (Å²) in [5.74, 6) is 0.459. The Hall–Kier alpha value is -3.16. The molecule has 0 saturated carbocycles. The summed E-state index contributed by atoms with van der Waals surface area (Å²) in [6.07, 6.45) is 0.695. The van der Waals surface area contributed by atoms with Gasteiger partial charge in [0.15, 0.2) is 0 Å². The molecule has 0 aromatic heterocycles. The van der Waals surface area contributed by atoms with Crippen LogP contribution in [0.5, 0.6) is 5.75 Å². The van der Waals surface area contributed by atoms with Crippen LogP contribution >= 0.6 is 0 Å². The lowest BCUT2D eigenvalue weighted by molar-refractivity contribution is 0.0950. The first-order valence-electron chi connectivity index (χ1n) is 10.1. The van der Waals surface area contributed by atoms with Crippen LogP contribution in [0.2, 0.25) is 0 Å². The Bertz CT molecular complexity index is 1190. The molecule has 160 valence electrons. The van der Waals surface area contributed by atoms with Crippen LogP contribution in [0.25, 0.3) is 0 Å². The van der Waals surface area contributed by atoms with E-state index in [9.17, 15) is 13.2 Å². The third kappa shape index (κ3) is 4.62. The van der Waals surface area contributed by atoms with E-state index in [1.54, 1.807) is 19.2 Å². The number of nitrogens with zero attached hydrogens (tertiary/aromatic N) is 1. The van der Waals surface area contributed by atoms with Gasteiger partial charge in [0.05, 0.1) is 12.0 Å². The zero-order valence-corrected chi connectivity index (χ0v) is 18.1. The third-order valence-electron chi connectivity index (χ3n) is 5.44. The van der Waals surface area contributed by atoms with Gasteiger partial charge in [0, 0.05) is 25.2 Å². The van der Waals surface area contributed by atoms with Crippen LogP contribution in [-0.2, 0) is 29.5 Å². The minimum Gasteiger partial charge on any atom is -0.497 e. The maximum absolute atomic E-state index is 13.1. The van der Waals surface area contributed by atoms with E-state index in [1.807, 2.05) is 48.5 Å². The van der Waals surface area contributed by atoms with E-state index in [0.29, 0.717) is 31.6 Å². The van der Waals surface area contributed by atoms with Crippen LogP contribution in [0.4, 0.5) is 0 Å². The molecule has 0 atom stereocenters. The first-order valence-corrected chi connectivity index (χ1v) is 11.5. The second kappa shape index (κ2) is 8.91. The number of methoxy groups -OCH3 is 1. The number of carbonyl (C=O) groups excluding carboxylic acids is 1. The van der Waals surface area contributed by atoms with Crippen LogP contribution in [0.3, 0.4) is 0 Å². The van der Waals surface area contributed by atoms with Crippen LogP contribution in [0, 0.1) is 0 Å². The summed E-state index contributed by atoms with van der Waals surface area (Å²) in [5.41, 5.74) is 3.55. The maximum Gasteiger partial charge on any atom is 0.251 e. The smallest absolute Gasteiger partial charge is 0.251 e. The molecule has 1 N–H and O–H groups in total. The molecule has 4 rings (SSSR count). The lowest BCUT2D eigenvalue weighted by Crippen LogP contribution is -2.36. The molecule has 3 aromatic carbocycles. The molecule has 0 unspecified atom stereocenters. The molecule has 1 aliphatic heterocycles. The second-order valence-corrected chi connectivity index (χ2v) is 9.35. The molecular weight excluding hydrogens is 412 g/mol. The van der Waals surface area contributed by atoms with Crippen molar-refractivity contribution in [3.05, 3.63) is 95.1 Å². The molecule has 0 bridgehead atoms. The van der Waals surface area contributed by atoms with Crippen molar-refractivity contribution in [1.29, 1.82) is 0 Å². The van der Waals surface area contributed by atoms with Crippen molar-refractivity contribution in [2.75, 3.05) is 13.7 Å². The monoisotopic (exact) mass is 436 g/mol. The first kappa shape index (κ1) is 21.1. The number of fused-ring (bicyclic) bond motifs is 1. The molecule has 31 heavy (non-hydrogen) atoms. The fourth-order valence-electron chi connectivity index (χ4n) is 3.67. The third-order valence-corrected chi connectivity index (χ3v) is 7.30. The highest BCUT2D eigenvalue weighted by Gasteiger charge is 2.28. The van der Waals surface area contributed by atoms with Crippen molar-refractivity contribution in [3.63, 3.8) is 0 Å². The summed E-state index contributed by atoms with van der Waals surface area (Å²) in [6.45, 7) is 1.16. The summed E-state index contributed by atoms with van der Waals surface area (Å²) >= 11 is 0. The number of hydrogen-bond acceptors (Lipinski definition) is 4. The minimum atomic E-state index is -3.62. The number of rotatable bonds is 6. The fourth-order valence-corrected chi connectivity index (χ4v) is 5.09. The molecule has 0 spiro atoms. The highest BCUT2D eigenvalue weighted by Crippen LogP contribution is 2.25. The average Bonchev–Trinajstić information content (AvgIpc) is 2.82. The highest BCUT2D eigenvalue weighted by atomic mass is 32.2. The predicted molar refractivity (Wildman–Crippen MR) is 118 cm³/mol. The topological polar surface area (TPSA) is 75.7 Å². The summed E-state index contributed by atoms with van der Waals surface area (Å²) < 4.78 is 32.8. The van der Waals surface area contributed by atoms with Gasteiger partial charge in [0.1, 0.15) is 5.75 Å². The zero-order valence-electron chi connectivity index (χ0n) is 17.2. The van der Waals surface area contributed by atoms with Crippen LogP contribution < -0.4 is 10.1 Å². The van der Waals surface area contributed by atoms with Crippen molar-refractivity contribution >= 4 is 15.9 Å². The molecule has 0 aliphatic carbocycles. The molecule has 3 aromatic rings. The van der Waals surface area contributed by atoms with Gasteiger partial charge in [-0.15, -0.1) is 0 Å². The van der Waals surface area contributed by atoms with Gasteiger partial charge in [-0.25, -0.2) is 8.42 Å². The largest absolute Gasteiger partial charge is 0.497 e. The van der Waals surface area contributed by atoms with E-state index in [4.69, 9.17) is 4.74 Å². The highest BCUT2D eigenvalue weighted by molar-refractivity contribution is 7.89. The molecule has 6 nitrogen and oxygen atoms in total. The molecule has 7 heteroatoms. The van der Waals surface area contributed by atoms with Gasteiger partial charge >= 0.3 is 0 Å². The Kier molecular flexibility index (Phi) is 6.06. The van der Waals surface area contributed by atoms with Crippen molar-refractivity contribution in [2.45, 2.75) is 24.4 Å². The summed E-state index contributed by atoms with van der Waals surface area (Å²) in [4.78, 5) is 12.7. The Morgan fingerprint density at radius 2 is 1.74 bits per heavy atom. The minimum absolute atomic E-state index is 0.191. The SMILES string of the molecule is COc1cccc(CNC(=O)c2ccc(S(=O)(=O)N3CCc4ccccc4C3)cc2)c1. The molecule has 1 amide bonds. The van der Waals surface area contributed by atoms with Gasteiger partial charge in [-0.05, 0) is 59.5 Å². The summed E-state index contributed by atoms with van der Waals surface area (Å²) in [7, 11) is -2.03. The van der Waals surface area contributed by atoms with Crippen LogP contribution in [0.15, 0.2) is 77.7 Å². The van der Waals surface area contributed by atoms with Gasteiger partial charge in [-0.1, -0.05) is 36.4 Å². The lowest BCUT2D eigenvalue weighted by atomic mass is 10.0. The number of carbonyl (C=O) groups is 1. The number of benzene rings is 3. The van der Waals surface area contributed by atoms with E-state index in [1.165, 1.54) is 22.0 Å². The van der Waals surface area contributed by atoms with E-state index in [-0.39, 0.29) is 10.8 Å². The average molecular weight is 437 g/mol. The lowest BCUT2D eigenvalue weighted by Gasteiger charge is -2.28. The normalized spacial score (nSPS) is 14.0. The summed E-state index contributed by atoms with van der Waals surface area (Å²) in [6, 6.07) is 21.4. The van der Waals surface area contributed by atoms with E-state index in [0.717, 1.165) is 16.9 Å². The van der Waals surface area contributed by atoms with Crippen molar-refractivity contribution in [2.24, 2.45) is 0 Å². The summed E-state index contributed by atoms with van der Waals surface area (Å²) in [5, 5.41) is 2.84. The van der Waals surface area contributed by atoms with E-state index in [2.05, 4.69) is 5.32 Å². The van der Waals surface area contributed by atoms with Gasteiger partial charge in [0.25, 0.3) is 5.91 Å². The van der Waals surface area contributed by atoms with Gasteiger partial charge in [-0.3, -0.25) is 4.79 Å². The quantitative estimate of drug-likeness (QED) is 0.643. The Balaban J connectivity index is 1.43. The van der Waals surface area contributed by atoms with Crippen molar-refractivity contribution < 1.29 is 17.9 Å².